The molecule has 0 saturated carbocycles. The predicted molar refractivity (Wildman–Crippen MR) is 108 cm³/mol. The van der Waals surface area contributed by atoms with Crippen LogP contribution in [-0.2, 0) is 6.54 Å². The van der Waals surface area contributed by atoms with E-state index in [2.05, 4.69) is 15.6 Å². The fourth-order valence-corrected chi connectivity index (χ4v) is 2.78. The van der Waals surface area contributed by atoms with E-state index in [1.165, 1.54) is 0 Å². The lowest BCUT2D eigenvalue weighted by atomic mass is 10.2. The molecular formula is C21H20ClN3O2. The van der Waals surface area contributed by atoms with E-state index < -0.39 is 0 Å². The second kappa shape index (κ2) is 8.56. The molecule has 2 aromatic carbocycles. The lowest BCUT2D eigenvalue weighted by Gasteiger charge is -2.11. The van der Waals surface area contributed by atoms with Crippen LogP contribution < -0.4 is 15.4 Å². The second-order valence-corrected chi connectivity index (χ2v) is 6.37. The molecule has 5 nitrogen and oxygen atoms in total. The van der Waals surface area contributed by atoms with Crippen molar-refractivity contribution in [2.24, 2.45) is 0 Å². The Bertz CT molecular complexity index is 942. The molecule has 1 aromatic heterocycles. The number of pyridine rings is 1. The number of ether oxygens (including phenoxy) is 1. The summed E-state index contributed by atoms with van der Waals surface area (Å²) in [5.74, 6) is 1.19. The van der Waals surface area contributed by atoms with Gasteiger partial charge in [-0.2, -0.15) is 0 Å². The first-order valence-corrected chi connectivity index (χ1v) is 8.84. The third-order valence-corrected chi connectivity index (χ3v) is 4.60. The average molecular weight is 382 g/mol. The molecule has 0 aliphatic carbocycles. The van der Waals surface area contributed by atoms with Gasteiger partial charge in [0.2, 0.25) is 0 Å². The fourth-order valence-electron chi connectivity index (χ4n) is 2.61. The molecule has 138 valence electrons. The van der Waals surface area contributed by atoms with Crippen LogP contribution in [0.3, 0.4) is 0 Å². The highest BCUT2D eigenvalue weighted by Gasteiger charge is 2.09. The molecule has 3 rings (SSSR count). The van der Waals surface area contributed by atoms with Crippen LogP contribution in [0, 0.1) is 6.92 Å². The zero-order valence-electron chi connectivity index (χ0n) is 15.1. The number of hydrogen-bond acceptors (Lipinski definition) is 4. The van der Waals surface area contributed by atoms with E-state index in [0.29, 0.717) is 22.9 Å². The van der Waals surface area contributed by atoms with Crippen molar-refractivity contribution in [1.82, 2.24) is 10.3 Å². The number of methoxy groups -OCH3 is 1. The van der Waals surface area contributed by atoms with Crippen molar-refractivity contribution in [1.29, 1.82) is 0 Å². The minimum atomic E-state index is -0.195. The molecular weight excluding hydrogens is 362 g/mol. The van der Waals surface area contributed by atoms with Gasteiger partial charge < -0.3 is 15.4 Å². The van der Waals surface area contributed by atoms with Crippen molar-refractivity contribution in [3.05, 3.63) is 82.5 Å². The Morgan fingerprint density at radius 2 is 1.93 bits per heavy atom. The maximum atomic E-state index is 12.4. The fraction of sp³-hybridized carbons (Fsp3) is 0.143. The Labute approximate surface area is 163 Å². The lowest BCUT2D eigenvalue weighted by Crippen LogP contribution is -2.23. The van der Waals surface area contributed by atoms with Gasteiger partial charge in [0.25, 0.3) is 5.91 Å². The molecule has 0 radical (unpaired) electrons. The van der Waals surface area contributed by atoms with Crippen molar-refractivity contribution in [3.63, 3.8) is 0 Å². The van der Waals surface area contributed by atoms with Crippen LogP contribution in [0.25, 0.3) is 0 Å². The van der Waals surface area contributed by atoms with Crippen LogP contribution in [0.15, 0.2) is 60.8 Å². The Morgan fingerprint density at radius 1 is 1.11 bits per heavy atom. The molecule has 0 atom stereocenters. The summed E-state index contributed by atoms with van der Waals surface area (Å²) in [5, 5.41) is 6.77. The minimum absolute atomic E-state index is 0.195. The average Bonchev–Trinajstić information content (AvgIpc) is 2.70. The van der Waals surface area contributed by atoms with Crippen molar-refractivity contribution in [2.45, 2.75) is 13.5 Å². The molecule has 0 aliphatic heterocycles. The van der Waals surface area contributed by atoms with Gasteiger partial charge in [-0.1, -0.05) is 35.9 Å². The van der Waals surface area contributed by atoms with Crippen LogP contribution in [0.5, 0.6) is 5.75 Å². The number of rotatable bonds is 6. The third kappa shape index (κ3) is 4.57. The van der Waals surface area contributed by atoms with Gasteiger partial charge in [0.1, 0.15) is 11.6 Å². The molecule has 0 spiro atoms. The summed E-state index contributed by atoms with van der Waals surface area (Å²) >= 11 is 6.13. The van der Waals surface area contributed by atoms with Crippen LogP contribution in [-0.4, -0.2) is 18.0 Å². The summed E-state index contributed by atoms with van der Waals surface area (Å²) in [6.45, 7) is 2.31. The predicted octanol–water partition coefficient (Wildman–Crippen LogP) is 4.73. The van der Waals surface area contributed by atoms with Gasteiger partial charge in [-0.15, -0.1) is 0 Å². The normalized spacial score (nSPS) is 10.3. The van der Waals surface area contributed by atoms with E-state index >= 15 is 0 Å². The van der Waals surface area contributed by atoms with E-state index in [-0.39, 0.29) is 5.91 Å². The Morgan fingerprint density at radius 3 is 2.67 bits per heavy atom. The van der Waals surface area contributed by atoms with E-state index in [1.54, 1.807) is 25.4 Å². The summed E-state index contributed by atoms with van der Waals surface area (Å²) in [7, 11) is 1.61. The van der Waals surface area contributed by atoms with Crippen molar-refractivity contribution in [2.75, 3.05) is 12.4 Å². The number of anilines is 2. The molecule has 6 heteroatoms. The Balaban J connectivity index is 1.64. The molecule has 0 aliphatic rings. The summed E-state index contributed by atoms with van der Waals surface area (Å²) in [5.41, 5.74) is 3.22. The van der Waals surface area contributed by atoms with Gasteiger partial charge in [-0.3, -0.25) is 4.79 Å². The van der Waals surface area contributed by atoms with Gasteiger partial charge in [-0.25, -0.2) is 4.98 Å². The molecule has 1 amide bonds. The Hall–Kier alpha value is -3.05. The number of carbonyl (C=O) groups is 1. The highest BCUT2D eigenvalue weighted by atomic mass is 35.5. The monoisotopic (exact) mass is 381 g/mol. The van der Waals surface area contributed by atoms with Crippen LogP contribution in [0.4, 0.5) is 11.5 Å². The number of aromatic nitrogens is 1. The van der Waals surface area contributed by atoms with E-state index in [9.17, 15) is 4.79 Å². The summed E-state index contributed by atoms with van der Waals surface area (Å²) in [6, 6.07) is 16.7. The zero-order chi connectivity index (χ0) is 19.2. The highest BCUT2D eigenvalue weighted by molar-refractivity contribution is 6.31. The topological polar surface area (TPSA) is 63.2 Å². The molecule has 0 bridgehead atoms. The molecule has 0 fully saturated rings. The van der Waals surface area contributed by atoms with E-state index in [1.807, 2.05) is 49.4 Å². The standard InChI is InChI=1S/C21H20ClN3O2/c1-14-17(22)7-5-8-18(14)25-20-11-10-16(13-23-20)21(26)24-12-15-6-3-4-9-19(15)27-2/h3-11,13H,12H2,1-2H3,(H,23,25)(H,24,26). The second-order valence-electron chi connectivity index (χ2n) is 5.96. The van der Waals surface area contributed by atoms with Crippen LogP contribution >= 0.6 is 11.6 Å². The summed E-state index contributed by atoms with van der Waals surface area (Å²) in [6.07, 6.45) is 1.54. The first kappa shape index (κ1) is 18.7. The summed E-state index contributed by atoms with van der Waals surface area (Å²) in [4.78, 5) is 16.7. The molecule has 1 heterocycles. The first-order chi connectivity index (χ1) is 13.1. The van der Waals surface area contributed by atoms with Crippen molar-refractivity contribution < 1.29 is 9.53 Å². The van der Waals surface area contributed by atoms with Gasteiger partial charge in [0, 0.05) is 29.0 Å². The number of carbonyl (C=O) groups excluding carboxylic acids is 1. The van der Waals surface area contributed by atoms with Crippen LogP contribution in [0.1, 0.15) is 21.5 Å². The number of halogens is 1. The largest absolute Gasteiger partial charge is 0.496 e. The van der Waals surface area contributed by atoms with Crippen molar-refractivity contribution in [3.8, 4) is 5.75 Å². The van der Waals surface area contributed by atoms with Gasteiger partial charge in [0.05, 0.1) is 12.7 Å². The SMILES string of the molecule is COc1ccccc1CNC(=O)c1ccc(Nc2cccc(Cl)c2C)nc1. The van der Waals surface area contributed by atoms with Crippen LogP contribution in [0.2, 0.25) is 5.02 Å². The maximum absolute atomic E-state index is 12.4. The number of hydrogen-bond donors (Lipinski definition) is 2. The Kier molecular flexibility index (Phi) is 5.94. The van der Waals surface area contributed by atoms with E-state index in [4.69, 9.17) is 16.3 Å². The minimum Gasteiger partial charge on any atom is -0.496 e. The van der Waals surface area contributed by atoms with Gasteiger partial charge in [0.15, 0.2) is 0 Å². The molecule has 2 N–H and O–H groups in total. The van der Waals surface area contributed by atoms with E-state index in [0.717, 1.165) is 22.6 Å². The molecule has 27 heavy (non-hydrogen) atoms. The van der Waals surface area contributed by atoms with Gasteiger partial charge in [-0.05, 0) is 42.8 Å². The molecule has 0 saturated heterocycles. The highest BCUT2D eigenvalue weighted by Crippen LogP contribution is 2.25. The number of amides is 1. The van der Waals surface area contributed by atoms with Gasteiger partial charge >= 0.3 is 0 Å². The maximum Gasteiger partial charge on any atom is 0.253 e. The molecule has 3 aromatic rings. The number of benzene rings is 2. The number of nitrogens with one attached hydrogen (secondary N) is 2. The first-order valence-electron chi connectivity index (χ1n) is 8.47. The smallest absolute Gasteiger partial charge is 0.253 e. The lowest BCUT2D eigenvalue weighted by molar-refractivity contribution is 0.0950. The zero-order valence-corrected chi connectivity index (χ0v) is 15.9. The molecule has 0 unspecified atom stereocenters. The number of para-hydroxylation sites is 1. The third-order valence-electron chi connectivity index (χ3n) is 4.19. The number of nitrogens with zero attached hydrogens (tertiary/aromatic N) is 1. The quantitative estimate of drug-likeness (QED) is 0.648. The summed E-state index contributed by atoms with van der Waals surface area (Å²) < 4.78 is 5.29. The van der Waals surface area contributed by atoms with Crippen molar-refractivity contribution >= 4 is 29.0 Å².